The number of aromatic nitrogens is 3. The second-order valence-electron chi connectivity index (χ2n) is 5.42. The molecule has 2 aromatic heterocycles. The maximum atomic E-state index is 10.9. The summed E-state index contributed by atoms with van der Waals surface area (Å²) in [5.74, 6) is 0.942. The largest absolute Gasteiger partial charge is 0.341 e. The number of aryl methyl sites for hydroxylation is 2. The number of nitrogens with zero attached hydrogens (tertiary/aromatic N) is 3. The predicted octanol–water partition coefficient (Wildman–Crippen LogP) is 1.97. The van der Waals surface area contributed by atoms with Crippen molar-refractivity contribution in [1.29, 1.82) is 0 Å². The molecule has 7 heteroatoms. The minimum atomic E-state index is -1.80. The molecule has 0 fully saturated rings. The smallest absolute Gasteiger partial charge is 0.167 e. The second-order valence-corrected chi connectivity index (χ2v) is 6.32. The molecule has 1 aliphatic rings. The molecule has 22 heavy (non-hydrogen) atoms. The second kappa shape index (κ2) is 6.12. The molecule has 6 nitrogen and oxygen atoms in total. The molecule has 0 spiro atoms. The third-order valence-corrected chi connectivity index (χ3v) is 4.37. The van der Waals surface area contributed by atoms with Crippen LogP contribution in [0.5, 0.6) is 0 Å². The normalized spacial score (nSPS) is 16.8. The Morgan fingerprint density at radius 3 is 2.95 bits per heavy atom. The summed E-state index contributed by atoms with van der Waals surface area (Å²) in [6.07, 6.45) is 3.86. The summed E-state index contributed by atoms with van der Waals surface area (Å²) >= 11 is -1.80. The summed E-state index contributed by atoms with van der Waals surface area (Å²) in [5.41, 5.74) is 5.04. The van der Waals surface area contributed by atoms with E-state index in [1.807, 2.05) is 30.9 Å². The molecule has 0 saturated carbocycles. The lowest BCUT2D eigenvalue weighted by Gasteiger charge is -2.13. The molecule has 1 aliphatic heterocycles. The van der Waals surface area contributed by atoms with Crippen LogP contribution in [0.3, 0.4) is 0 Å². The maximum absolute atomic E-state index is 10.9. The molecule has 0 bridgehead atoms. The van der Waals surface area contributed by atoms with E-state index in [2.05, 4.69) is 21.0 Å². The summed E-state index contributed by atoms with van der Waals surface area (Å²) in [5, 5.41) is 0. The molecule has 0 amide bonds. The van der Waals surface area contributed by atoms with Gasteiger partial charge in [-0.25, -0.2) is 9.19 Å². The SMILES string of the molecule is Cc1nc(-c2cc(C3=CCN(CS(=O)O)C3)ccn2)[nH]c1C. The van der Waals surface area contributed by atoms with Crippen LogP contribution in [0.2, 0.25) is 0 Å². The van der Waals surface area contributed by atoms with Crippen molar-refractivity contribution in [3.05, 3.63) is 41.4 Å². The van der Waals surface area contributed by atoms with E-state index in [4.69, 9.17) is 4.55 Å². The van der Waals surface area contributed by atoms with Gasteiger partial charge in [0, 0.05) is 25.0 Å². The van der Waals surface area contributed by atoms with Crippen LogP contribution in [-0.4, -0.2) is 47.6 Å². The van der Waals surface area contributed by atoms with Gasteiger partial charge in [-0.15, -0.1) is 0 Å². The zero-order valence-electron chi connectivity index (χ0n) is 12.5. The Bertz CT molecular complexity index is 734. The van der Waals surface area contributed by atoms with E-state index in [-0.39, 0.29) is 5.88 Å². The number of hydrogen-bond donors (Lipinski definition) is 2. The first-order valence-electron chi connectivity index (χ1n) is 7.02. The van der Waals surface area contributed by atoms with Crippen LogP contribution in [-0.2, 0) is 11.1 Å². The molecule has 3 heterocycles. The van der Waals surface area contributed by atoms with Crippen molar-refractivity contribution >= 4 is 16.7 Å². The number of imidazole rings is 1. The fraction of sp³-hybridized carbons (Fsp3) is 0.333. The first-order chi connectivity index (χ1) is 10.5. The number of H-pyrrole nitrogens is 1. The molecule has 2 aromatic rings. The van der Waals surface area contributed by atoms with E-state index < -0.39 is 11.1 Å². The van der Waals surface area contributed by atoms with Crippen molar-refractivity contribution in [2.75, 3.05) is 19.0 Å². The lowest BCUT2D eigenvalue weighted by Crippen LogP contribution is -2.24. The molecular formula is C15H18N4O2S. The summed E-state index contributed by atoms with van der Waals surface area (Å²) in [6, 6.07) is 3.96. The van der Waals surface area contributed by atoms with Crippen LogP contribution in [0.15, 0.2) is 24.4 Å². The van der Waals surface area contributed by atoms with Crippen molar-refractivity contribution in [3.63, 3.8) is 0 Å². The molecule has 0 saturated heterocycles. The third kappa shape index (κ3) is 3.16. The van der Waals surface area contributed by atoms with E-state index in [1.165, 1.54) is 0 Å². The first kappa shape index (κ1) is 15.1. The minimum Gasteiger partial charge on any atom is -0.341 e. The Labute approximate surface area is 131 Å². The minimum absolute atomic E-state index is 0.175. The first-order valence-corrected chi connectivity index (χ1v) is 8.29. The van der Waals surface area contributed by atoms with Crippen LogP contribution in [0.4, 0.5) is 0 Å². The summed E-state index contributed by atoms with van der Waals surface area (Å²) in [6.45, 7) is 5.32. The lowest BCUT2D eigenvalue weighted by molar-refractivity contribution is 0.401. The van der Waals surface area contributed by atoms with Crippen LogP contribution in [0.1, 0.15) is 17.0 Å². The van der Waals surface area contributed by atoms with Crippen molar-refractivity contribution in [2.45, 2.75) is 13.8 Å². The highest BCUT2D eigenvalue weighted by Crippen LogP contribution is 2.24. The zero-order chi connectivity index (χ0) is 15.7. The van der Waals surface area contributed by atoms with E-state index in [1.54, 1.807) is 6.20 Å². The van der Waals surface area contributed by atoms with Gasteiger partial charge in [0.05, 0.1) is 5.69 Å². The van der Waals surface area contributed by atoms with Crippen LogP contribution >= 0.6 is 0 Å². The van der Waals surface area contributed by atoms with Gasteiger partial charge in [-0.2, -0.15) is 0 Å². The van der Waals surface area contributed by atoms with Crippen LogP contribution in [0.25, 0.3) is 17.1 Å². The van der Waals surface area contributed by atoms with Gasteiger partial charge in [0.1, 0.15) is 11.6 Å². The predicted molar refractivity (Wildman–Crippen MR) is 86.5 cm³/mol. The fourth-order valence-electron chi connectivity index (χ4n) is 2.50. The average Bonchev–Trinajstić information content (AvgIpc) is 3.06. The highest BCUT2D eigenvalue weighted by atomic mass is 32.2. The molecule has 1 atom stereocenters. The number of nitrogens with one attached hydrogen (secondary N) is 1. The zero-order valence-corrected chi connectivity index (χ0v) is 13.4. The molecule has 116 valence electrons. The fourth-order valence-corrected chi connectivity index (χ4v) is 3.01. The van der Waals surface area contributed by atoms with Gasteiger partial charge in [-0.1, -0.05) is 6.08 Å². The van der Waals surface area contributed by atoms with Gasteiger partial charge < -0.3 is 9.54 Å². The van der Waals surface area contributed by atoms with Crippen molar-refractivity contribution in [2.24, 2.45) is 0 Å². The van der Waals surface area contributed by atoms with Gasteiger partial charge in [0.25, 0.3) is 0 Å². The molecule has 0 radical (unpaired) electrons. The third-order valence-electron chi connectivity index (χ3n) is 3.78. The summed E-state index contributed by atoms with van der Waals surface area (Å²) in [7, 11) is 0. The van der Waals surface area contributed by atoms with Gasteiger partial charge in [-0.05, 0) is 37.1 Å². The Kier molecular flexibility index (Phi) is 4.19. The maximum Gasteiger partial charge on any atom is 0.167 e. The van der Waals surface area contributed by atoms with Gasteiger partial charge in [0.15, 0.2) is 16.9 Å². The highest BCUT2D eigenvalue weighted by Gasteiger charge is 2.18. The summed E-state index contributed by atoms with van der Waals surface area (Å²) < 4.78 is 19.9. The van der Waals surface area contributed by atoms with Crippen LogP contribution < -0.4 is 0 Å². The van der Waals surface area contributed by atoms with Gasteiger partial charge >= 0.3 is 0 Å². The quantitative estimate of drug-likeness (QED) is 0.842. The Balaban J connectivity index is 1.82. The summed E-state index contributed by atoms with van der Waals surface area (Å²) in [4.78, 5) is 14.0. The van der Waals surface area contributed by atoms with E-state index >= 15 is 0 Å². The number of aromatic amines is 1. The van der Waals surface area contributed by atoms with Crippen molar-refractivity contribution < 1.29 is 8.76 Å². The number of pyridine rings is 1. The molecule has 3 rings (SSSR count). The van der Waals surface area contributed by atoms with Crippen LogP contribution in [0, 0.1) is 13.8 Å². The van der Waals surface area contributed by atoms with Crippen molar-refractivity contribution in [1.82, 2.24) is 19.9 Å². The molecule has 2 N–H and O–H groups in total. The molecule has 1 unspecified atom stereocenters. The standard InChI is InChI=1S/C15H18N4O2S/c1-10-11(2)18-15(17-10)14-7-12(3-5-16-14)13-4-6-19(8-13)9-22(20)21/h3-5,7H,6,8-9H2,1-2H3,(H,17,18)(H,20,21). The number of rotatable bonds is 4. The van der Waals surface area contributed by atoms with Crippen molar-refractivity contribution in [3.8, 4) is 11.5 Å². The average molecular weight is 318 g/mol. The van der Waals surface area contributed by atoms with E-state index in [9.17, 15) is 4.21 Å². The Hall–Kier alpha value is -1.83. The molecular weight excluding hydrogens is 300 g/mol. The molecule has 0 aliphatic carbocycles. The number of hydrogen-bond acceptors (Lipinski definition) is 4. The Morgan fingerprint density at radius 1 is 1.45 bits per heavy atom. The van der Waals surface area contributed by atoms with E-state index in [0.29, 0.717) is 13.1 Å². The van der Waals surface area contributed by atoms with Gasteiger partial charge in [-0.3, -0.25) is 9.88 Å². The lowest BCUT2D eigenvalue weighted by atomic mass is 10.1. The highest BCUT2D eigenvalue weighted by molar-refractivity contribution is 7.79. The van der Waals surface area contributed by atoms with E-state index in [0.717, 1.165) is 34.0 Å². The topological polar surface area (TPSA) is 82.1 Å². The van der Waals surface area contributed by atoms with Gasteiger partial charge in [0.2, 0.25) is 0 Å². The monoisotopic (exact) mass is 318 g/mol. The molecule has 0 aromatic carbocycles. The Morgan fingerprint density at radius 2 is 2.27 bits per heavy atom.